The van der Waals surface area contributed by atoms with Crippen LogP contribution in [-0.4, -0.2) is 25.0 Å². The minimum absolute atomic E-state index is 0.207. The Morgan fingerprint density at radius 2 is 2.35 bits per heavy atom. The lowest BCUT2D eigenvalue weighted by Crippen LogP contribution is -2.37. The molecule has 1 amide bonds. The molecule has 3 nitrogen and oxygen atoms in total. The number of amides is 1. The van der Waals surface area contributed by atoms with Crippen LogP contribution in [0.3, 0.4) is 0 Å². The smallest absolute Gasteiger partial charge is 0.251 e. The third kappa shape index (κ3) is 3.27. The van der Waals surface area contributed by atoms with Gasteiger partial charge in [-0.15, -0.1) is 0 Å². The Labute approximate surface area is 100 Å². The second-order valence-corrected chi connectivity index (χ2v) is 4.52. The van der Waals surface area contributed by atoms with Gasteiger partial charge >= 0.3 is 0 Å². The number of hydrogen-bond donors (Lipinski definition) is 2. The number of rotatable bonds is 3. The highest BCUT2D eigenvalue weighted by molar-refractivity contribution is 5.94. The van der Waals surface area contributed by atoms with Gasteiger partial charge in [-0.2, -0.15) is 0 Å². The van der Waals surface area contributed by atoms with Gasteiger partial charge in [0.1, 0.15) is 5.82 Å². The molecule has 1 saturated heterocycles. The van der Waals surface area contributed by atoms with Crippen molar-refractivity contribution in [1.29, 1.82) is 0 Å². The molecule has 1 aromatic rings. The summed E-state index contributed by atoms with van der Waals surface area (Å²) in [5.41, 5.74) is 1.15. The molecule has 2 N–H and O–H groups in total. The molecule has 2 rings (SSSR count). The maximum absolute atomic E-state index is 13.1. The first-order chi connectivity index (χ1) is 8.15. The fourth-order valence-electron chi connectivity index (χ4n) is 2.12. The van der Waals surface area contributed by atoms with E-state index in [2.05, 4.69) is 10.6 Å². The molecule has 0 spiro atoms. The molecule has 0 aliphatic carbocycles. The molecule has 0 saturated carbocycles. The molecule has 1 aromatic carbocycles. The van der Waals surface area contributed by atoms with Gasteiger partial charge < -0.3 is 10.6 Å². The van der Waals surface area contributed by atoms with Gasteiger partial charge in [0, 0.05) is 18.2 Å². The van der Waals surface area contributed by atoms with E-state index in [1.807, 2.05) is 0 Å². The number of aryl methyl sites for hydroxylation is 1. The fourth-order valence-corrected chi connectivity index (χ4v) is 2.12. The highest BCUT2D eigenvalue weighted by Gasteiger charge is 2.15. The van der Waals surface area contributed by atoms with Crippen LogP contribution in [0.4, 0.5) is 4.39 Å². The minimum Gasteiger partial charge on any atom is -0.350 e. The summed E-state index contributed by atoms with van der Waals surface area (Å²) < 4.78 is 13.1. The Balaban J connectivity index is 1.94. The lowest BCUT2D eigenvalue weighted by atomic mass is 10.1. The molecule has 1 aliphatic heterocycles. The Bertz CT molecular complexity index is 394. The molecule has 1 aliphatic rings. The third-order valence-electron chi connectivity index (χ3n) is 2.98. The van der Waals surface area contributed by atoms with Gasteiger partial charge in [-0.05, 0) is 50.1 Å². The van der Waals surface area contributed by atoms with Crippen molar-refractivity contribution in [2.24, 2.45) is 0 Å². The van der Waals surface area contributed by atoms with Gasteiger partial charge in [-0.1, -0.05) is 0 Å². The van der Waals surface area contributed by atoms with Crippen molar-refractivity contribution >= 4 is 5.91 Å². The summed E-state index contributed by atoms with van der Waals surface area (Å²) in [5, 5.41) is 6.12. The molecule has 0 radical (unpaired) electrons. The quantitative estimate of drug-likeness (QED) is 0.837. The lowest BCUT2D eigenvalue weighted by molar-refractivity contribution is 0.0950. The predicted octanol–water partition coefficient (Wildman–Crippen LogP) is 1.62. The molecule has 17 heavy (non-hydrogen) atoms. The summed E-state index contributed by atoms with van der Waals surface area (Å²) >= 11 is 0. The van der Waals surface area contributed by atoms with E-state index in [4.69, 9.17) is 0 Å². The highest BCUT2D eigenvalue weighted by atomic mass is 19.1. The fraction of sp³-hybridized carbons (Fsp3) is 0.462. The van der Waals surface area contributed by atoms with E-state index in [9.17, 15) is 9.18 Å². The molecule has 0 aromatic heterocycles. The Morgan fingerprint density at radius 3 is 3.00 bits per heavy atom. The third-order valence-corrected chi connectivity index (χ3v) is 2.98. The topological polar surface area (TPSA) is 41.1 Å². The van der Waals surface area contributed by atoms with Crippen molar-refractivity contribution in [3.63, 3.8) is 0 Å². The van der Waals surface area contributed by atoms with Gasteiger partial charge in [0.15, 0.2) is 0 Å². The second-order valence-electron chi connectivity index (χ2n) is 4.52. The zero-order valence-corrected chi connectivity index (χ0v) is 9.92. The number of benzene rings is 1. The van der Waals surface area contributed by atoms with E-state index in [-0.39, 0.29) is 11.7 Å². The minimum atomic E-state index is -0.367. The molecule has 1 atom stereocenters. The van der Waals surface area contributed by atoms with Crippen LogP contribution in [0.1, 0.15) is 28.8 Å². The first-order valence-electron chi connectivity index (χ1n) is 5.94. The maximum atomic E-state index is 13.1. The molecule has 92 valence electrons. The Hall–Kier alpha value is -1.42. The van der Waals surface area contributed by atoms with Crippen molar-refractivity contribution in [2.75, 3.05) is 13.1 Å². The van der Waals surface area contributed by atoms with Crippen LogP contribution in [0.2, 0.25) is 0 Å². The molecule has 1 heterocycles. The Kier molecular flexibility index (Phi) is 3.74. The number of nitrogens with one attached hydrogen (secondary N) is 2. The molecule has 0 bridgehead atoms. The van der Waals surface area contributed by atoms with Gasteiger partial charge in [-0.3, -0.25) is 4.79 Å². The zero-order chi connectivity index (χ0) is 12.3. The van der Waals surface area contributed by atoms with Crippen molar-refractivity contribution in [3.8, 4) is 0 Å². The molecule has 1 fully saturated rings. The average molecular weight is 236 g/mol. The first kappa shape index (κ1) is 12.0. The number of hydrogen-bond acceptors (Lipinski definition) is 2. The first-order valence-corrected chi connectivity index (χ1v) is 5.94. The van der Waals surface area contributed by atoms with E-state index in [0.29, 0.717) is 18.2 Å². The average Bonchev–Trinajstić information content (AvgIpc) is 2.77. The monoisotopic (exact) mass is 236 g/mol. The van der Waals surface area contributed by atoms with E-state index in [1.165, 1.54) is 12.1 Å². The van der Waals surface area contributed by atoms with E-state index in [0.717, 1.165) is 24.9 Å². The molecular formula is C13H17FN2O. The van der Waals surface area contributed by atoms with E-state index < -0.39 is 0 Å². The van der Waals surface area contributed by atoms with Gasteiger partial charge in [0.05, 0.1) is 0 Å². The SMILES string of the molecule is Cc1cc(F)cc(C(=O)NCC2CCCN2)c1. The summed E-state index contributed by atoms with van der Waals surface area (Å²) in [7, 11) is 0. The molecule has 4 heteroatoms. The van der Waals surface area contributed by atoms with Crippen LogP contribution in [0.15, 0.2) is 18.2 Å². The van der Waals surface area contributed by atoms with Crippen molar-refractivity contribution < 1.29 is 9.18 Å². The van der Waals surface area contributed by atoms with Gasteiger partial charge in [0.2, 0.25) is 0 Å². The maximum Gasteiger partial charge on any atom is 0.251 e. The largest absolute Gasteiger partial charge is 0.350 e. The Morgan fingerprint density at radius 1 is 1.53 bits per heavy atom. The summed E-state index contributed by atoms with van der Waals surface area (Å²) in [4.78, 5) is 11.8. The van der Waals surface area contributed by atoms with Crippen LogP contribution >= 0.6 is 0 Å². The van der Waals surface area contributed by atoms with Crippen LogP contribution in [0, 0.1) is 12.7 Å². The van der Waals surface area contributed by atoms with Gasteiger partial charge in [0.25, 0.3) is 5.91 Å². The van der Waals surface area contributed by atoms with Crippen molar-refractivity contribution in [1.82, 2.24) is 10.6 Å². The standard InChI is InChI=1S/C13H17FN2O/c1-9-5-10(7-11(14)6-9)13(17)16-8-12-3-2-4-15-12/h5-7,12,15H,2-4,8H2,1H3,(H,16,17). The van der Waals surface area contributed by atoms with Gasteiger partial charge in [-0.25, -0.2) is 4.39 Å². The number of carbonyl (C=O) groups excluding carboxylic acids is 1. The van der Waals surface area contributed by atoms with Crippen LogP contribution in [0.5, 0.6) is 0 Å². The molecular weight excluding hydrogens is 219 g/mol. The lowest BCUT2D eigenvalue weighted by Gasteiger charge is -2.11. The zero-order valence-electron chi connectivity index (χ0n) is 9.92. The highest BCUT2D eigenvalue weighted by Crippen LogP contribution is 2.09. The summed E-state index contributed by atoms with van der Waals surface area (Å²) in [5.74, 6) is -0.574. The predicted molar refractivity (Wildman–Crippen MR) is 64.5 cm³/mol. The second kappa shape index (κ2) is 5.27. The summed E-state index contributed by atoms with van der Waals surface area (Å²) in [6.07, 6.45) is 2.24. The normalized spacial score (nSPS) is 19.3. The van der Waals surface area contributed by atoms with Crippen LogP contribution in [0.25, 0.3) is 0 Å². The summed E-state index contributed by atoms with van der Waals surface area (Å²) in [6.45, 7) is 3.40. The van der Waals surface area contributed by atoms with E-state index >= 15 is 0 Å². The van der Waals surface area contributed by atoms with E-state index in [1.54, 1.807) is 13.0 Å². The van der Waals surface area contributed by atoms with Crippen LogP contribution < -0.4 is 10.6 Å². The van der Waals surface area contributed by atoms with Crippen molar-refractivity contribution in [3.05, 3.63) is 35.1 Å². The van der Waals surface area contributed by atoms with Crippen molar-refractivity contribution in [2.45, 2.75) is 25.8 Å². The van der Waals surface area contributed by atoms with Crippen LogP contribution in [-0.2, 0) is 0 Å². The number of halogens is 1. The molecule has 1 unspecified atom stereocenters. The summed E-state index contributed by atoms with van der Waals surface area (Å²) in [6, 6.07) is 4.73. The number of carbonyl (C=O) groups is 1.